The Morgan fingerprint density at radius 2 is 1.54 bits per heavy atom. The quantitative estimate of drug-likeness (QED) is 0.794. The van der Waals surface area contributed by atoms with E-state index in [0.717, 1.165) is 50.6 Å². The Bertz CT molecular complexity index is 954. The van der Waals surface area contributed by atoms with Crippen molar-refractivity contribution in [2.24, 2.45) is 0 Å². The molecule has 26 heavy (non-hydrogen) atoms. The first-order chi connectivity index (χ1) is 12.2. The molecule has 0 saturated heterocycles. The van der Waals surface area contributed by atoms with Gasteiger partial charge in [0.2, 0.25) is 0 Å². The SMILES string of the molecule is COC(=O)c1ccc(C(=O)OC)c(S(=O)(=O)Nc2c(F)cccc2F)c1. The molecule has 10 heteroatoms. The van der Waals surface area contributed by atoms with Gasteiger partial charge in [0.15, 0.2) is 0 Å². The Morgan fingerprint density at radius 1 is 0.962 bits per heavy atom. The summed E-state index contributed by atoms with van der Waals surface area (Å²) in [5.41, 5.74) is -1.54. The van der Waals surface area contributed by atoms with Crippen LogP contribution in [0.15, 0.2) is 41.3 Å². The molecule has 0 amide bonds. The maximum Gasteiger partial charge on any atom is 0.339 e. The van der Waals surface area contributed by atoms with Crippen LogP contribution in [0.2, 0.25) is 0 Å². The standard InChI is InChI=1S/C16H13F2NO6S/c1-24-15(20)9-6-7-10(16(21)25-2)13(8-9)26(22,23)19-14-11(17)4-3-5-12(14)18/h3-8,19H,1-2H3. The van der Waals surface area contributed by atoms with Crippen molar-refractivity contribution in [1.29, 1.82) is 0 Å². The number of sulfonamides is 1. The van der Waals surface area contributed by atoms with Gasteiger partial charge in [-0.25, -0.2) is 26.8 Å². The normalized spacial score (nSPS) is 10.9. The Kier molecular flexibility index (Phi) is 5.56. The molecule has 0 bridgehead atoms. The van der Waals surface area contributed by atoms with Crippen molar-refractivity contribution in [3.05, 3.63) is 59.2 Å². The summed E-state index contributed by atoms with van der Waals surface area (Å²) in [4.78, 5) is 22.8. The molecule has 0 aliphatic carbocycles. The highest BCUT2D eigenvalue weighted by Crippen LogP contribution is 2.25. The van der Waals surface area contributed by atoms with E-state index in [9.17, 15) is 26.8 Å². The van der Waals surface area contributed by atoms with Crippen LogP contribution >= 0.6 is 0 Å². The lowest BCUT2D eigenvalue weighted by molar-refractivity contribution is 0.0583. The number of hydrogen-bond donors (Lipinski definition) is 1. The molecule has 0 atom stereocenters. The molecule has 0 saturated carbocycles. The van der Waals surface area contributed by atoms with Crippen LogP contribution in [0.1, 0.15) is 20.7 Å². The van der Waals surface area contributed by atoms with E-state index in [-0.39, 0.29) is 5.56 Å². The van der Waals surface area contributed by atoms with E-state index in [4.69, 9.17) is 0 Å². The van der Waals surface area contributed by atoms with E-state index in [1.807, 2.05) is 0 Å². The van der Waals surface area contributed by atoms with Crippen molar-refractivity contribution in [1.82, 2.24) is 0 Å². The molecular formula is C16H13F2NO6S. The van der Waals surface area contributed by atoms with Gasteiger partial charge < -0.3 is 9.47 Å². The lowest BCUT2D eigenvalue weighted by Crippen LogP contribution is -2.20. The van der Waals surface area contributed by atoms with Crippen LogP contribution in [-0.2, 0) is 19.5 Å². The van der Waals surface area contributed by atoms with E-state index in [1.165, 1.54) is 0 Å². The number of methoxy groups -OCH3 is 2. The van der Waals surface area contributed by atoms with Gasteiger partial charge in [0, 0.05) is 0 Å². The van der Waals surface area contributed by atoms with Gasteiger partial charge in [0.05, 0.1) is 25.3 Å². The minimum Gasteiger partial charge on any atom is -0.465 e. The molecule has 0 aliphatic rings. The van der Waals surface area contributed by atoms with Gasteiger partial charge in [-0.3, -0.25) is 4.72 Å². The van der Waals surface area contributed by atoms with Crippen molar-refractivity contribution in [3.8, 4) is 0 Å². The molecule has 0 heterocycles. The largest absolute Gasteiger partial charge is 0.465 e. The summed E-state index contributed by atoms with van der Waals surface area (Å²) in [6, 6.07) is 5.80. The average molecular weight is 385 g/mol. The molecule has 138 valence electrons. The van der Waals surface area contributed by atoms with Crippen LogP contribution in [0.3, 0.4) is 0 Å². The van der Waals surface area contributed by atoms with Crippen molar-refractivity contribution < 1.29 is 36.3 Å². The fourth-order valence-corrected chi connectivity index (χ4v) is 3.35. The molecule has 2 rings (SSSR count). The lowest BCUT2D eigenvalue weighted by Gasteiger charge is -2.13. The fraction of sp³-hybridized carbons (Fsp3) is 0.125. The minimum absolute atomic E-state index is 0.186. The fourth-order valence-electron chi connectivity index (χ4n) is 2.05. The summed E-state index contributed by atoms with van der Waals surface area (Å²) in [7, 11) is -2.54. The van der Waals surface area contributed by atoms with Crippen molar-refractivity contribution >= 4 is 27.6 Å². The van der Waals surface area contributed by atoms with E-state index < -0.39 is 49.7 Å². The number of esters is 2. The number of carbonyl (C=O) groups excluding carboxylic acids is 2. The second kappa shape index (κ2) is 7.48. The van der Waals surface area contributed by atoms with Gasteiger partial charge in [-0.05, 0) is 30.3 Å². The van der Waals surface area contributed by atoms with Crippen LogP contribution in [0.4, 0.5) is 14.5 Å². The van der Waals surface area contributed by atoms with E-state index in [1.54, 1.807) is 4.72 Å². The summed E-state index contributed by atoms with van der Waals surface area (Å²) in [6.07, 6.45) is 0. The maximum atomic E-state index is 13.8. The highest BCUT2D eigenvalue weighted by molar-refractivity contribution is 7.92. The van der Waals surface area contributed by atoms with Crippen LogP contribution in [-0.4, -0.2) is 34.6 Å². The number of anilines is 1. The van der Waals surface area contributed by atoms with Gasteiger partial charge in [-0.15, -0.1) is 0 Å². The monoisotopic (exact) mass is 385 g/mol. The molecule has 0 aliphatic heterocycles. The van der Waals surface area contributed by atoms with Crippen LogP contribution in [0, 0.1) is 11.6 Å². The van der Waals surface area contributed by atoms with Gasteiger partial charge in [-0.1, -0.05) is 6.07 Å². The predicted molar refractivity (Wildman–Crippen MR) is 86.3 cm³/mol. The Balaban J connectivity index is 2.62. The number of nitrogens with one attached hydrogen (secondary N) is 1. The first-order valence-electron chi connectivity index (χ1n) is 6.98. The maximum absolute atomic E-state index is 13.8. The van der Waals surface area contributed by atoms with Crippen LogP contribution < -0.4 is 4.72 Å². The van der Waals surface area contributed by atoms with Crippen molar-refractivity contribution in [2.75, 3.05) is 18.9 Å². The second-order valence-corrected chi connectivity index (χ2v) is 6.55. The zero-order chi connectivity index (χ0) is 19.5. The van der Waals surface area contributed by atoms with E-state index >= 15 is 0 Å². The van der Waals surface area contributed by atoms with Gasteiger partial charge in [-0.2, -0.15) is 0 Å². The Labute approximate surface area is 147 Å². The van der Waals surface area contributed by atoms with E-state index in [0.29, 0.717) is 0 Å². The second-order valence-electron chi connectivity index (χ2n) is 4.90. The van der Waals surface area contributed by atoms with Crippen LogP contribution in [0.25, 0.3) is 0 Å². The number of benzene rings is 2. The molecule has 1 N–H and O–H groups in total. The number of hydrogen-bond acceptors (Lipinski definition) is 6. The first-order valence-corrected chi connectivity index (χ1v) is 8.47. The molecule has 2 aromatic carbocycles. The Morgan fingerprint density at radius 3 is 2.08 bits per heavy atom. The molecule has 0 spiro atoms. The third-order valence-corrected chi connectivity index (χ3v) is 4.69. The van der Waals surface area contributed by atoms with Crippen molar-refractivity contribution in [3.63, 3.8) is 0 Å². The van der Waals surface area contributed by atoms with Crippen LogP contribution in [0.5, 0.6) is 0 Å². The first kappa shape index (κ1) is 19.3. The van der Waals surface area contributed by atoms with Gasteiger partial charge in [0.1, 0.15) is 22.2 Å². The minimum atomic E-state index is -4.65. The predicted octanol–water partition coefficient (Wildman–Crippen LogP) is 2.34. The molecule has 0 fully saturated rings. The molecule has 0 aromatic heterocycles. The average Bonchev–Trinajstić information content (AvgIpc) is 2.63. The number of para-hydroxylation sites is 1. The number of carbonyl (C=O) groups is 2. The summed E-state index contributed by atoms with van der Waals surface area (Å²) >= 11 is 0. The van der Waals surface area contributed by atoms with E-state index in [2.05, 4.69) is 9.47 Å². The molecular weight excluding hydrogens is 372 g/mol. The third kappa shape index (κ3) is 3.80. The number of rotatable bonds is 5. The number of ether oxygens (including phenoxy) is 2. The lowest BCUT2D eigenvalue weighted by atomic mass is 10.1. The zero-order valence-electron chi connectivity index (χ0n) is 13.6. The molecule has 0 unspecified atom stereocenters. The third-order valence-electron chi connectivity index (χ3n) is 3.30. The molecule has 0 radical (unpaired) electrons. The van der Waals surface area contributed by atoms with Crippen molar-refractivity contribution in [2.45, 2.75) is 4.90 Å². The van der Waals surface area contributed by atoms with Gasteiger partial charge >= 0.3 is 11.9 Å². The van der Waals surface area contributed by atoms with Gasteiger partial charge in [0.25, 0.3) is 10.0 Å². The molecule has 7 nitrogen and oxygen atoms in total. The summed E-state index contributed by atoms with van der Waals surface area (Å²) in [5.74, 6) is -4.19. The highest BCUT2D eigenvalue weighted by atomic mass is 32.2. The molecule has 2 aromatic rings. The Hall–Kier alpha value is -3.01. The number of halogens is 2. The smallest absolute Gasteiger partial charge is 0.339 e. The zero-order valence-corrected chi connectivity index (χ0v) is 14.4. The summed E-state index contributed by atoms with van der Waals surface area (Å²) < 4.78 is 63.4. The highest BCUT2D eigenvalue weighted by Gasteiger charge is 2.27. The summed E-state index contributed by atoms with van der Waals surface area (Å²) in [5, 5.41) is 0. The summed E-state index contributed by atoms with van der Waals surface area (Å²) in [6.45, 7) is 0. The topological polar surface area (TPSA) is 98.8 Å².